The molecule has 21 heavy (non-hydrogen) atoms. The third-order valence-electron chi connectivity index (χ3n) is 2.79. The molecule has 2 aromatic rings. The molecule has 1 heterocycles. The van der Waals surface area contributed by atoms with Crippen LogP contribution in [0.25, 0.3) is 0 Å². The summed E-state index contributed by atoms with van der Waals surface area (Å²) in [5.41, 5.74) is 6.55. The fourth-order valence-electron chi connectivity index (χ4n) is 1.85. The Labute approximate surface area is 128 Å². The van der Waals surface area contributed by atoms with Crippen molar-refractivity contribution in [2.75, 3.05) is 12.3 Å². The van der Waals surface area contributed by atoms with Crippen molar-refractivity contribution in [2.45, 2.75) is 30.4 Å². The van der Waals surface area contributed by atoms with Crippen LogP contribution in [0.2, 0.25) is 0 Å². The molecule has 0 unspecified atom stereocenters. The summed E-state index contributed by atoms with van der Waals surface area (Å²) in [6.45, 7) is 6.10. The molecule has 5 nitrogen and oxygen atoms in total. The summed E-state index contributed by atoms with van der Waals surface area (Å²) >= 11 is 1.41. The first kappa shape index (κ1) is 15.6. The van der Waals surface area contributed by atoms with Gasteiger partial charge in [0.1, 0.15) is 5.82 Å². The molecule has 112 valence electrons. The maximum absolute atomic E-state index is 11.4. The van der Waals surface area contributed by atoms with Crippen molar-refractivity contribution in [3.05, 3.63) is 46.2 Å². The van der Waals surface area contributed by atoms with E-state index in [4.69, 9.17) is 5.73 Å². The summed E-state index contributed by atoms with van der Waals surface area (Å²) in [5, 5.41) is 3.93. The second-order valence-corrected chi connectivity index (χ2v) is 6.24. The highest BCUT2D eigenvalue weighted by Gasteiger charge is 2.07. The summed E-state index contributed by atoms with van der Waals surface area (Å²) in [6, 6.07) is 9.34. The number of rotatable bonds is 6. The first-order chi connectivity index (χ1) is 10.0. The Kier molecular flexibility index (Phi) is 5.41. The summed E-state index contributed by atoms with van der Waals surface area (Å²) in [7, 11) is 0. The predicted molar refractivity (Wildman–Crippen MR) is 86.4 cm³/mol. The summed E-state index contributed by atoms with van der Waals surface area (Å²) < 4.78 is 0. The molecule has 0 radical (unpaired) electrons. The lowest BCUT2D eigenvalue weighted by atomic mass is 10.2. The van der Waals surface area contributed by atoms with Crippen molar-refractivity contribution >= 4 is 17.6 Å². The molecule has 1 aromatic carbocycles. The molecule has 6 heteroatoms. The van der Waals surface area contributed by atoms with Gasteiger partial charge in [0.25, 0.3) is 5.56 Å². The predicted octanol–water partition coefficient (Wildman–Crippen LogP) is 2.25. The number of nitrogen functional groups attached to an aromatic ring is 1. The van der Waals surface area contributed by atoms with Gasteiger partial charge in [0.2, 0.25) is 0 Å². The summed E-state index contributed by atoms with van der Waals surface area (Å²) in [5.74, 6) is 0.841. The standard InChI is InChI=1S/C15H20N4OS/c1-10(2)8-17-9-11-5-3-4-6-12(11)21-15-18-13(16)7-14(20)19-15/h3-7,10,17H,8-9H2,1-2H3,(H3,16,18,19,20). The van der Waals surface area contributed by atoms with Gasteiger partial charge >= 0.3 is 0 Å². The lowest BCUT2D eigenvalue weighted by molar-refractivity contribution is 0.550. The van der Waals surface area contributed by atoms with Crippen molar-refractivity contribution in [3.63, 3.8) is 0 Å². The lowest BCUT2D eigenvalue weighted by Gasteiger charge is -2.11. The largest absolute Gasteiger partial charge is 0.383 e. The van der Waals surface area contributed by atoms with Crippen LogP contribution in [0.5, 0.6) is 0 Å². The van der Waals surface area contributed by atoms with E-state index in [-0.39, 0.29) is 11.4 Å². The van der Waals surface area contributed by atoms with Crippen LogP contribution in [-0.2, 0) is 6.54 Å². The molecule has 0 bridgehead atoms. The van der Waals surface area contributed by atoms with E-state index in [0.717, 1.165) is 18.0 Å². The van der Waals surface area contributed by atoms with Crippen LogP contribution in [0.4, 0.5) is 5.82 Å². The third-order valence-corrected chi connectivity index (χ3v) is 3.79. The molecular formula is C15H20N4OS. The molecule has 0 fully saturated rings. The number of nitrogens with two attached hydrogens (primary N) is 1. The first-order valence-electron chi connectivity index (χ1n) is 6.88. The average molecular weight is 304 g/mol. The third kappa shape index (κ3) is 4.91. The van der Waals surface area contributed by atoms with Crippen LogP contribution in [-0.4, -0.2) is 16.5 Å². The molecule has 0 aliphatic heterocycles. The van der Waals surface area contributed by atoms with Crippen LogP contribution in [0.15, 0.2) is 45.2 Å². The van der Waals surface area contributed by atoms with Crippen molar-refractivity contribution in [1.82, 2.24) is 15.3 Å². The van der Waals surface area contributed by atoms with E-state index in [0.29, 0.717) is 11.1 Å². The van der Waals surface area contributed by atoms with Gasteiger partial charge in [-0.1, -0.05) is 43.8 Å². The molecule has 0 aliphatic rings. The van der Waals surface area contributed by atoms with Crippen LogP contribution < -0.4 is 16.6 Å². The van der Waals surface area contributed by atoms with Gasteiger partial charge in [-0.05, 0) is 24.1 Å². The second-order valence-electron chi connectivity index (χ2n) is 5.21. The van der Waals surface area contributed by atoms with Gasteiger partial charge in [-0.25, -0.2) is 4.98 Å². The number of anilines is 1. The van der Waals surface area contributed by atoms with E-state index in [1.807, 2.05) is 18.2 Å². The Balaban J connectivity index is 2.14. The Hall–Kier alpha value is -1.79. The number of aromatic nitrogens is 2. The highest BCUT2D eigenvalue weighted by Crippen LogP contribution is 2.27. The van der Waals surface area contributed by atoms with Crippen LogP contribution in [0.3, 0.4) is 0 Å². The quantitative estimate of drug-likeness (QED) is 0.713. The monoisotopic (exact) mass is 304 g/mol. The lowest BCUT2D eigenvalue weighted by Crippen LogP contribution is -2.19. The van der Waals surface area contributed by atoms with E-state index < -0.39 is 0 Å². The fourth-order valence-corrected chi connectivity index (χ4v) is 2.78. The number of aromatic amines is 1. The van der Waals surface area contributed by atoms with Gasteiger partial charge in [0.05, 0.1) is 0 Å². The van der Waals surface area contributed by atoms with Crippen LogP contribution in [0.1, 0.15) is 19.4 Å². The van der Waals surface area contributed by atoms with Crippen LogP contribution in [0, 0.1) is 5.92 Å². The van der Waals surface area contributed by atoms with E-state index in [9.17, 15) is 4.79 Å². The fraction of sp³-hybridized carbons (Fsp3) is 0.333. The van der Waals surface area contributed by atoms with Crippen molar-refractivity contribution < 1.29 is 0 Å². The molecule has 4 N–H and O–H groups in total. The van der Waals surface area contributed by atoms with Gasteiger partial charge in [-0.2, -0.15) is 0 Å². The van der Waals surface area contributed by atoms with E-state index in [2.05, 4.69) is 35.2 Å². The number of benzene rings is 1. The van der Waals surface area contributed by atoms with Gasteiger partial charge in [0, 0.05) is 17.5 Å². The zero-order valence-corrected chi connectivity index (χ0v) is 13.0. The molecule has 0 aliphatic carbocycles. The minimum Gasteiger partial charge on any atom is -0.383 e. The minimum absolute atomic E-state index is 0.233. The Morgan fingerprint density at radius 1 is 1.38 bits per heavy atom. The van der Waals surface area contributed by atoms with E-state index in [1.165, 1.54) is 23.4 Å². The summed E-state index contributed by atoms with van der Waals surface area (Å²) in [4.78, 5) is 19.3. The van der Waals surface area contributed by atoms with Crippen molar-refractivity contribution in [3.8, 4) is 0 Å². The SMILES string of the molecule is CC(C)CNCc1ccccc1Sc1nc(N)cc(=O)[nH]1. The van der Waals surface area contributed by atoms with Gasteiger partial charge in [-0.3, -0.25) is 4.79 Å². The molecule has 0 spiro atoms. The zero-order chi connectivity index (χ0) is 15.2. The number of hydrogen-bond acceptors (Lipinski definition) is 5. The molecule has 0 saturated heterocycles. The molecule has 1 aromatic heterocycles. The molecule has 2 rings (SSSR count). The Bertz CT molecular complexity index is 654. The molecule has 0 atom stereocenters. The van der Waals surface area contributed by atoms with Crippen molar-refractivity contribution in [1.29, 1.82) is 0 Å². The normalized spacial score (nSPS) is 11.0. The van der Waals surface area contributed by atoms with E-state index >= 15 is 0 Å². The number of nitrogens with zero attached hydrogens (tertiary/aromatic N) is 1. The van der Waals surface area contributed by atoms with Crippen molar-refractivity contribution in [2.24, 2.45) is 5.92 Å². The maximum Gasteiger partial charge on any atom is 0.253 e. The zero-order valence-electron chi connectivity index (χ0n) is 12.2. The van der Waals surface area contributed by atoms with E-state index in [1.54, 1.807) is 0 Å². The topological polar surface area (TPSA) is 83.8 Å². The molecule has 0 amide bonds. The minimum atomic E-state index is -0.236. The second kappa shape index (κ2) is 7.28. The Morgan fingerprint density at radius 2 is 2.14 bits per heavy atom. The number of hydrogen-bond donors (Lipinski definition) is 3. The maximum atomic E-state index is 11.4. The van der Waals surface area contributed by atoms with Crippen LogP contribution >= 0.6 is 11.8 Å². The number of nitrogens with one attached hydrogen (secondary N) is 2. The average Bonchev–Trinajstić information content (AvgIpc) is 2.39. The molecular weight excluding hydrogens is 284 g/mol. The van der Waals surface area contributed by atoms with Gasteiger partial charge < -0.3 is 16.0 Å². The highest BCUT2D eigenvalue weighted by molar-refractivity contribution is 7.99. The number of H-pyrrole nitrogens is 1. The summed E-state index contributed by atoms with van der Waals surface area (Å²) in [6.07, 6.45) is 0. The smallest absolute Gasteiger partial charge is 0.253 e. The highest BCUT2D eigenvalue weighted by atomic mass is 32.2. The van der Waals surface area contributed by atoms with Gasteiger partial charge in [-0.15, -0.1) is 0 Å². The Morgan fingerprint density at radius 3 is 2.86 bits per heavy atom. The van der Waals surface area contributed by atoms with Gasteiger partial charge in [0.15, 0.2) is 5.16 Å². The molecule has 0 saturated carbocycles. The first-order valence-corrected chi connectivity index (χ1v) is 7.69.